The minimum absolute atomic E-state index is 0.0428. The fourth-order valence-electron chi connectivity index (χ4n) is 2.89. The summed E-state index contributed by atoms with van der Waals surface area (Å²) in [5.74, 6) is 1.02. The number of carbonyl (C=O) groups is 2. The van der Waals surface area contributed by atoms with E-state index >= 15 is 0 Å². The first-order chi connectivity index (χ1) is 16.5. The Kier molecular flexibility index (Phi) is 8.75. The zero-order valence-electron chi connectivity index (χ0n) is 18.8. The van der Waals surface area contributed by atoms with E-state index in [2.05, 4.69) is 10.6 Å². The van der Waals surface area contributed by atoms with E-state index in [-0.39, 0.29) is 25.5 Å². The first-order valence-electron chi connectivity index (χ1n) is 10.4. The third-order valence-electron chi connectivity index (χ3n) is 4.54. The number of para-hydroxylation sites is 1. The van der Waals surface area contributed by atoms with Crippen molar-refractivity contribution in [2.45, 2.75) is 6.10 Å². The number of benzene rings is 2. The number of amides is 2. The van der Waals surface area contributed by atoms with E-state index in [9.17, 15) is 14.7 Å². The minimum Gasteiger partial charge on any atom is -0.493 e. The third-order valence-corrected chi connectivity index (χ3v) is 4.54. The molecule has 180 valence electrons. The van der Waals surface area contributed by atoms with Crippen LogP contribution in [-0.2, 0) is 4.79 Å². The van der Waals surface area contributed by atoms with Gasteiger partial charge in [0.05, 0.1) is 20.5 Å². The highest BCUT2D eigenvalue weighted by Crippen LogP contribution is 2.36. The molecule has 0 spiro atoms. The van der Waals surface area contributed by atoms with Crippen LogP contribution in [-0.4, -0.2) is 57.0 Å². The van der Waals surface area contributed by atoms with Gasteiger partial charge >= 0.3 is 0 Å². The standard InChI is InChI=1S/C24H26N2O8/c1-30-19-8-4-9-20(31-2)23(19)34-14-17(27)13-25-22(28)15-33-18-7-3-6-16(12-18)26-24(29)21-10-5-11-32-21/h3-12,17,27H,13-15H2,1-2H3,(H,25,28)(H,26,29). The summed E-state index contributed by atoms with van der Waals surface area (Å²) < 4.78 is 26.6. The molecule has 0 saturated heterocycles. The van der Waals surface area contributed by atoms with Crippen LogP contribution in [0.2, 0.25) is 0 Å². The Morgan fingerprint density at radius 1 is 1.00 bits per heavy atom. The van der Waals surface area contributed by atoms with Crippen LogP contribution in [0.3, 0.4) is 0 Å². The van der Waals surface area contributed by atoms with Crippen LogP contribution >= 0.6 is 0 Å². The Labute approximate surface area is 196 Å². The Morgan fingerprint density at radius 3 is 2.41 bits per heavy atom. The van der Waals surface area contributed by atoms with Crippen LogP contribution in [0, 0.1) is 0 Å². The number of ether oxygens (including phenoxy) is 4. The number of aliphatic hydroxyl groups excluding tert-OH is 1. The van der Waals surface area contributed by atoms with Gasteiger partial charge in [-0.1, -0.05) is 12.1 Å². The van der Waals surface area contributed by atoms with Gasteiger partial charge in [-0.3, -0.25) is 9.59 Å². The lowest BCUT2D eigenvalue weighted by Gasteiger charge is -2.17. The van der Waals surface area contributed by atoms with Gasteiger partial charge in [0.2, 0.25) is 5.75 Å². The first-order valence-corrected chi connectivity index (χ1v) is 10.4. The van der Waals surface area contributed by atoms with Gasteiger partial charge in [-0.25, -0.2) is 0 Å². The normalized spacial score (nSPS) is 11.3. The van der Waals surface area contributed by atoms with E-state index in [0.29, 0.717) is 28.7 Å². The first kappa shape index (κ1) is 24.5. The van der Waals surface area contributed by atoms with Crippen molar-refractivity contribution < 1.29 is 38.1 Å². The summed E-state index contributed by atoms with van der Waals surface area (Å²) in [4.78, 5) is 24.2. The number of aliphatic hydroxyl groups is 1. The van der Waals surface area contributed by atoms with E-state index < -0.39 is 17.9 Å². The van der Waals surface area contributed by atoms with E-state index in [1.54, 1.807) is 54.6 Å². The molecule has 3 rings (SSSR count). The molecular weight excluding hydrogens is 444 g/mol. The molecule has 0 radical (unpaired) electrons. The number of furan rings is 1. The molecule has 0 fully saturated rings. The van der Waals surface area contributed by atoms with Crippen molar-refractivity contribution in [1.82, 2.24) is 5.32 Å². The zero-order valence-corrected chi connectivity index (χ0v) is 18.8. The van der Waals surface area contributed by atoms with Crippen LogP contribution < -0.4 is 29.6 Å². The molecule has 34 heavy (non-hydrogen) atoms. The topological polar surface area (TPSA) is 128 Å². The van der Waals surface area contributed by atoms with Gasteiger partial charge in [-0.2, -0.15) is 0 Å². The van der Waals surface area contributed by atoms with Crippen molar-refractivity contribution in [3.05, 3.63) is 66.6 Å². The lowest BCUT2D eigenvalue weighted by atomic mass is 10.3. The number of anilines is 1. The number of carbonyl (C=O) groups excluding carboxylic acids is 2. The van der Waals surface area contributed by atoms with Gasteiger partial charge in [-0.15, -0.1) is 0 Å². The van der Waals surface area contributed by atoms with Gasteiger partial charge in [0.25, 0.3) is 11.8 Å². The van der Waals surface area contributed by atoms with E-state index in [0.717, 1.165) is 0 Å². The van der Waals surface area contributed by atoms with Crippen LogP contribution in [0.25, 0.3) is 0 Å². The Hall–Kier alpha value is -4.18. The second kappa shape index (κ2) is 12.2. The Morgan fingerprint density at radius 2 is 1.74 bits per heavy atom. The molecule has 3 N–H and O–H groups in total. The quantitative estimate of drug-likeness (QED) is 0.368. The Balaban J connectivity index is 1.42. The predicted molar refractivity (Wildman–Crippen MR) is 123 cm³/mol. The highest BCUT2D eigenvalue weighted by molar-refractivity contribution is 6.02. The van der Waals surface area contributed by atoms with Crippen molar-refractivity contribution in [3.8, 4) is 23.0 Å². The summed E-state index contributed by atoms with van der Waals surface area (Å²) in [7, 11) is 3.00. The van der Waals surface area contributed by atoms with Gasteiger partial charge in [-0.05, 0) is 36.4 Å². The van der Waals surface area contributed by atoms with Gasteiger partial charge < -0.3 is 39.1 Å². The number of methoxy groups -OCH3 is 2. The molecule has 0 aliphatic carbocycles. The lowest BCUT2D eigenvalue weighted by Crippen LogP contribution is -2.37. The molecule has 1 heterocycles. The molecule has 2 amide bonds. The minimum atomic E-state index is -0.973. The molecule has 0 bridgehead atoms. The van der Waals surface area contributed by atoms with Crippen molar-refractivity contribution in [2.75, 3.05) is 39.3 Å². The molecule has 1 aromatic heterocycles. The number of hydrogen-bond acceptors (Lipinski definition) is 8. The fraction of sp³-hybridized carbons (Fsp3) is 0.250. The molecule has 2 aromatic carbocycles. The summed E-state index contributed by atoms with van der Waals surface area (Å²) in [5.41, 5.74) is 0.485. The molecule has 0 saturated carbocycles. The second-order valence-electron chi connectivity index (χ2n) is 7.01. The van der Waals surface area contributed by atoms with Crippen molar-refractivity contribution in [3.63, 3.8) is 0 Å². The molecular formula is C24H26N2O8. The Bertz CT molecular complexity index is 1060. The molecule has 10 nitrogen and oxygen atoms in total. The highest BCUT2D eigenvalue weighted by atomic mass is 16.5. The fourth-order valence-corrected chi connectivity index (χ4v) is 2.89. The summed E-state index contributed by atoms with van der Waals surface area (Å²) in [6, 6.07) is 14.9. The maximum atomic E-state index is 12.1. The summed E-state index contributed by atoms with van der Waals surface area (Å²) >= 11 is 0. The van der Waals surface area contributed by atoms with Crippen LogP contribution in [0.1, 0.15) is 10.6 Å². The number of hydrogen-bond donors (Lipinski definition) is 3. The molecule has 0 aliphatic rings. The molecule has 1 atom stereocenters. The smallest absolute Gasteiger partial charge is 0.291 e. The average molecular weight is 470 g/mol. The lowest BCUT2D eigenvalue weighted by molar-refractivity contribution is -0.123. The summed E-state index contributed by atoms with van der Waals surface area (Å²) in [6.07, 6.45) is 0.435. The molecule has 3 aromatic rings. The van der Waals surface area contributed by atoms with E-state index in [4.69, 9.17) is 23.4 Å². The van der Waals surface area contributed by atoms with E-state index in [1.807, 2.05) is 0 Å². The predicted octanol–water partition coefficient (Wildman–Crippen LogP) is 2.48. The van der Waals surface area contributed by atoms with Crippen molar-refractivity contribution in [2.24, 2.45) is 0 Å². The van der Waals surface area contributed by atoms with Gasteiger partial charge in [0.15, 0.2) is 23.9 Å². The van der Waals surface area contributed by atoms with E-state index in [1.165, 1.54) is 20.5 Å². The number of rotatable bonds is 12. The zero-order chi connectivity index (χ0) is 24.3. The number of nitrogens with one attached hydrogen (secondary N) is 2. The summed E-state index contributed by atoms with van der Waals surface area (Å²) in [5, 5.41) is 15.4. The molecule has 10 heteroatoms. The van der Waals surface area contributed by atoms with Crippen LogP contribution in [0.4, 0.5) is 5.69 Å². The third kappa shape index (κ3) is 6.91. The van der Waals surface area contributed by atoms with Crippen LogP contribution in [0.5, 0.6) is 23.0 Å². The van der Waals surface area contributed by atoms with Gasteiger partial charge in [0.1, 0.15) is 18.5 Å². The average Bonchev–Trinajstić information content (AvgIpc) is 3.40. The monoisotopic (exact) mass is 470 g/mol. The molecule has 0 aliphatic heterocycles. The second-order valence-corrected chi connectivity index (χ2v) is 7.01. The highest BCUT2D eigenvalue weighted by Gasteiger charge is 2.15. The summed E-state index contributed by atoms with van der Waals surface area (Å²) in [6.45, 7) is -0.405. The van der Waals surface area contributed by atoms with Crippen molar-refractivity contribution in [1.29, 1.82) is 0 Å². The van der Waals surface area contributed by atoms with Gasteiger partial charge in [0, 0.05) is 18.3 Å². The SMILES string of the molecule is COc1cccc(OC)c1OCC(O)CNC(=O)COc1cccc(NC(=O)c2ccco2)c1. The van der Waals surface area contributed by atoms with Crippen molar-refractivity contribution >= 4 is 17.5 Å². The maximum Gasteiger partial charge on any atom is 0.291 e. The van der Waals surface area contributed by atoms with Crippen LogP contribution in [0.15, 0.2) is 65.3 Å². The maximum absolute atomic E-state index is 12.1. The molecule has 1 unspecified atom stereocenters. The largest absolute Gasteiger partial charge is 0.493 e.